The number of rotatable bonds is 3. The molecule has 0 aliphatic carbocycles. The van der Waals surface area contributed by atoms with Crippen molar-refractivity contribution in [2.45, 2.75) is 13.1 Å². The number of benzene rings is 1. The molecule has 0 bridgehead atoms. The Morgan fingerprint density at radius 3 is 2.60 bits per heavy atom. The van der Waals surface area contributed by atoms with Gasteiger partial charge in [0.2, 0.25) is 0 Å². The molecule has 0 fully saturated rings. The summed E-state index contributed by atoms with van der Waals surface area (Å²) in [5.41, 5.74) is 1.70. The Bertz CT molecular complexity index is 1520. The summed E-state index contributed by atoms with van der Waals surface area (Å²) in [5.74, 6) is 5.05. The largest absolute Gasteiger partial charge is 0.465 e. The number of nitrogens with one attached hydrogen (secondary N) is 2. The van der Waals surface area contributed by atoms with E-state index < -0.39 is 23.7 Å². The lowest BCUT2D eigenvalue weighted by Crippen LogP contribution is -2.14. The van der Waals surface area contributed by atoms with Gasteiger partial charge in [-0.05, 0) is 54.8 Å². The molecule has 0 saturated heterocycles. The van der Waals surface area contributed by atoms with Crippen LogP contribution in [0.4, 0.5) is 29.5 Å². The van der Waals surface area contributed by atoms with Crippen LogP contribution >= 0.6 is 0 Å². The van der Waals surface area contributed by atoms with E-state index in [1.54, 1.807) is 35.7 Å². The van der Waals surface area contributed by atoms with Gasteiger partial charge < -0.3 is 10.4 Å². The molecule has 1 aromatic carbocycles. The minimum atomic E-state index is -4.56. The van der Waals surface area contributed by atoms with E-state index in [0.29, 0.717) is 22.6 Å². The number of anilines is 2. The van der Waals surface area contributed by atoms with Gasteiger partial charge in [0.25, 0.3) is 5.91 Å². The van der Waals surface area contributed by atoms with Crippen LogP contribution in [0.1, 0.15) is 32.7 Å². The van der Waals surface area contributed by atoms with Crippen molar-refractivity contribution in [2.24, 2.45) is 0 Å². The highest BCUT2D eigenvalue weighted by Crippen LogP contribution is 2.30. The first kappa shape index (κ1) is 23.3. The van der Waals surface area contributed by atoms with Gasteiger partial charge >= 0.3 is 12.3 Å². The normalized spacial score (nSPS) is 11.0. The number of halogens is 3. The molecule has 3 aromatic heterocycles. The van der Waals surface area contributed by atoms with Gasteiger partial charge in [0.1, 0.15) is 11.5 Å². The van der Waals surface area contributed by atoms with Crippen LogP contribution in [0.15, 0.2) is 61.1 Å². The Morgan fingerprint density at radius 2 is 1.86 bits per heavy atom. The lowest BCUT2D eigenvalue weighted by Gasteiger charge is -2.09. The maximum atomic E-state index is 12.9. The van der Waals surface area contributed by atoms with Gasteiger partial charge in [-0.25, -0.2) is 14.8 Å². The summed E-state index contributed by atoms with van der Waals surface area (Å²) in [4.78, 5) is 31.6. The molecule has 11 heteroatoms. The number of carboxylic acid groups (broad SMARTS) is 1. The molecule has 3 N–H and O–H groups in total. The summed E-state index contributed by atoms with van der Waals surface area (Å²) in [5, 5.41) is 13.6. The minimum absolute atomic E-state index is 0.185. The molecule has 0 atom stereocenters. The Labute approximate surface area is 196 Å². The van der Waals surface area contributed by atoms with E-state index in [9.17, 15) is 22.8 Å². The molecule has 4 aromatic rings. The van der Waals surface area contributed by atoms with Crippen molar-refractivity contribution in [3.05, 3.63) is 89.0 Å². The van der Waals surface area contributed by atoms with Crippen LogP contribution in [-0.2, 0) is 6.18 Å². The number of hydrogen-bond acceptors (Lipinski definition) is 4. The lowest BCUT2D eigenvalue weighted by atomic mass is 10.0. The van der Waals surface area contributed by atoms with E-state index >= 15 is 0 Å². The van der Waals surface area contributed by atoms with E-state index in [-0.39, 0.29) is 11.4 Å². The minimum Gasteiger partial charge on any atom is -0.465 e. The van der Waals surface area contributed by atoms with Crippen LogP contribution in [0.3, 0.4) is 0 Å². The van der Waals surface area contributed by atoms with Crippen molar-refractivity contribution in [1.82, 2.24) is 14.4 Å². The van der Waals surface area contributed by atoms with E-state index in [4.69, 9.17) is 5.11 Å². The fourth-order valence-corrected chi connectivity index (χ4v) is 3.21. The monoisotopic (exact) mass is 479 g/mol. The van der Waals surface area contributed by atoms with E-state index in [2.05, 4.69) is 32.4 Å². The number of amides is 2. The maximum Gasteiger partial charge on any atom is 0.416 e. The van der Waals surface area contributed by atoms with Crippen LogP contribution in [-0.4, -0.2) is 31.5 Å². The second-order valence-electron chi connectivity index (χ2n) is 7.35. The number of pyridine rings is 2. The van der Waals surface area contributed by atoms with Crippen molar-refractivity contribution in [3.63, 3.8) is 0 Å². The summed E-state index contributed by atoms with van der Waals surface area (Å²) in [7, 11) is 0. The fraction of sp³-hybridized carbons (Fsp3) is 0.0833. The maximum absolute atomic E-state index is 12.9. The van der Waals surface area contributed by atoms with Gasteiger partial charge in [0.05, 0.1) is 17.4 Å². The summed E-state index contributed by atoms with van der Waals surface area (Å²) < 4.78 is 40.3. The zero-order valence-corrected chi connectivity index (χ0v) is 18.0. The van der Waals surface area contributed by atoms with Crippen molar-refractivity contribution in [3.8, 4) is 11.8 Å². The van der Waals surface area contributed by atoms with Gasteiger partial charge in [-0.1, -0.05) is 12.0 Å². The van der Waals surface area contributed by atoms with Gasteiger partial charge in [0, 0.05) is 23.5 Å². The Morgan fingerprint density at radius 1 is 1.06 bits per heavy atom. The number of carbonyl (C=O) groups excluding carboxylic acids is 1. The van der Waals surface area contributed by atoms with Gasteiger partial charge in [-0.15, -0.1) is 0 Å². The number of aromatic nitrogens is 3. The molecule has 0 aliphatic rings. The van der Waals surface area contributed by atoms with Crippen molar-refractivity contribution >= 4 is 29.2 Å². The number of carbonyl (C=O) groups is 2. The SMILES string of the molecule is Cc1ccc(C(=O)Nc2cc(C(F)(F)F)ccn2)cc1C#Cc1cnc2c(NC(=O)O)cccn12. The Balaban J connectivity index is 1.60. The van der Waals surface area contributed by atoms with Crippen LogP contribution in [0.25, 0.3) is 5.65 Å². The number of alkyl halides is 3. The summed E-state index contributed by atoms with van der Waals surface area (Å²) in [6.45, 7) is 1.80. The Kier molecular flexibility index (Phi) is 6.12. The molecule has 0 unspecified atom stereocenters. The second-order valence-corrected chi connectivity index (χ2v) is 7.35. The summed E-state index contributed by atoms with van der Waals surface area (Å²) >= 11 is 0. The second kappa shape index (κ2) is 9.18. The molecule has 0 aliphatic heterocycles. The molecule has 176 valence electrons. The third-order valence-electron chi connectivity index (χ3n) is 4.93. The van der Waals surface area contributed by atoms with Gasteiger partial charge in [0.15, 0.2) is 5.65 Å². The van der Waals surface area contributed by atoms with Crippen LogP contribution in [0, 0.1) is 18.8 Å². The van der Waals surface area contributed by atoms with Gasteiger partial charge in [-0.2, -0.15) is 13.2 Å². The highest BCUT2D eigenvalue weighted by atomic mass is 19.4. The predicted octanol–water partition coefficient (Wildman–Crippen LogP) is 4.80. The fourth-order valence-electron chi connectivity index (χ4n) is 3.21. The molecule has 0 radical (unpaired) electrons. The average Bonchev–Trinajstić information content (AvgIpc) is 3.22. The number of imidazole rings is 1. The number of hydrogen-bond donors (Lipinski definition) is 3. The number of fused-ring (bicyclic) bond motifs is 1. The highest BCUT2D eigenvalue weighted by molar-refractivity contribution is 6.04. The zero-order chi connectivity index (χ0) is 25.2. The third kappa shape index (κ3) is 5.22. The van der Waals surface area contributed by atoms with Crippen LogP contribution < -0.4 is 10.6 Å². The highest BCUT2D eigenvalue weighted by Gasteiger charge is 2.30. The molecule has 0 spiro atoms. The van der Waals surface area contributed by atoms with Crippen molar-refractivity contribution in [1.29, 1.82) is 0 Å². The number of nitrogens with zero attached hydrogens (tertiary/aromatic N) is 3. The zero-order valence-electron chi connectivity index (χ0n) is 18.0. The van der Waals surface area contributed by atoms with E-state index in [0.717, 1.165) is 23.9 Å². The molecule has 0 saturated carbocycles. The predicted molar refractivity (Wildman–Crippen MR) is 121 cm³/mol. The average molecular weight is 479 g/mol. The smallest absolute Gasteiger partial charge is 0.416 e. The van der Waals surface area contributed by atoms with Crippen molar-refractivity contribution < 1.29 is 27.9 Å². The first-order chi connectivity index (χ1) is 16.6. The summed E-state index contributed by atoms with van der Waals surface area (Å²) in [6, 6.07) is 9.50. The van der Waals surface area contributed by atoms with Crippen LogP contribution in [0.2, 0.25) is 0 Å². The summed E-state index contributed by atoms with van der Waals surface area (Å²) in [6.07, 6.45) is -1.65. The quantitative estimate of drug-likeness (QED) is 0.366. The van der Waals surface area contributed by atoms with Gasteiger partial charge in [-0.3, -0.25) is 14.5 Å². The first-order valence-corrected chi connectivity index (χ1v) is 10.0. The molecule has 4 rings (SSSR count). The van der Waals surface area contributed by atoms with Crippen molar-refractivity contribution in [2.75, 3.05) is 10.6 Å². The molecular weight excluding hydrogens is 463 g/mol. The first-order valence-electron chi connectivity index (χ1n) is 10.0. The standard InChI is InChI=1S/C24H16F3N5O3/c1-14-4-5-16(22(33)31-20-12-17(8-9-28-20)24(25,26)27)11-15(14)6-7-18-13-29-21-19(30-23(34)35)3-2-10-32(18)21/h2-5,8-13,30H,1H3,(H,34,35)(H,28,31,33). The topological polar surface area (TPSA) is 109 Å². The molecule has 8 nitrogen and oxygen atoms in total. The molecule has 3 heterocycles. The third-order valence-corrected chi connectivity index (χ3v) is 4.93. The molecule has 2 amide bonds. The van der Waals surface area contributed by atoms with E-state index in [1.165, 1.54) is 18.3 Å². The molecule has 35 heavy (non-hydrogen) atoms. The lowest BCUT2D eigenvalue weighted by molar-refractivity contribution is -0.137. The number of aryl methyl sites for hydroxylation is 1. The van der Waals surface area contributed by atoms with Crippen LogP contribution in [0.5, 0.6) is 0 Å². The van der Waals surface area contributed by atoms with E-state index in [1.807, 2.05) is 0 Å². The Hall–Kier alpha value is -4.85. The molecular formula is C24H16F3N5O3.